The maximum Gasteiger partial charge on any atom is 0.490 e. The number of carboxylic acids is 1. The number of nitrogens with zero attached hydrogens (tertiary/aromatic N) is 2. The molecule has 0 radical (unpaired) electrons. The van der Waals surface area contributed by atoms with Crippen molar-refractivity contribution in [2.24, 2.45) is 0 Å². The third kappa shape index (κ3) is 7.12. The smallest absolute Gasteiger partial charge is 0.475 e. The molecule has 1 saturated heterocycles. The number of hydrogen-bond donors (Lipinski definition) is 2. The first-order chi connectivity index (χ1) is 17.4. The lowest BCUT2D eigenvalue weighted by molar-refractivity contribution is -0.192. The quantitative estimate of drug-likeness (QED) is 0.600. The predicted octanol–water partition coefficient (Wildman–Crippen LogP) is 3.64. The number of hydrogen-bond acceptors (Lipinski definition) is 5. The summed E-state index contributed by atoms with van der Waals surface area (Å²) in [5, 5.41) is 10.2. The highest BCUT2D eigenvalue weighted by atomic mass is 19.4. The molecular weight excluding hydrogens is 491 g/mol. The van der Waals surface area contributed by atoms with Crippen LogP contribution in [0.2, 0.25) is 0 Å². The fourth-order valence-electron chi connectivity index (χ4n) is 5.10. The van der Waals surface area contributed by atoms with Crippen LogP contribution in [0.1, 0.15) is 53.1 Å². The van der Waals surface area contributed by atoms with Gasteiger partial charge in [-0.2, -0.15) is 13.2 Å². The molecule has 1 aromatic carbocycles. The maximum atomic E-state index is 12.7. The summed E-state index contributed by atoms with van der Waals surface area (Å²) >= 11 is 0. The number of carbonyl (C=O) groups is 3. The first kappa shape index (κ1) is 28.2. The maximum absolute atomic E-state index is 12.7. The Morgan fingerprint density at radius 1 is 1.16 bits per heavy atom. The van der Waals surface area contributed by atoms with Crippen LogP contribution in [0, 0.1) is 0 Å². The summed E-state index contributed by atoms with van der Waals surface area (Å²) < 4.78 is 36.8. The molecule has 1 aliphatic heterocycles. The molecule has 2 heterocycles. The van der Waals surface area contributed by atoms with Crippen LogP contribution in [-0.2, 0) is 15.0 Å². The van der Waals surface area contributed by atoms with Crippen molar-refractivity contribution in [3.8, 4) is 0 Å². The van der Waals surface area contributed by atoms with Crippen LogP contribution in [0.4, 0.5) is 13.2 Å². The van der Waals surface area contributed by atoms with Gasteiger partial charge in [-0.05, 0) is 61.9 Å². The Bertz CT molecular complexity index is 1080. The zero-order valence-electron chi connectivity index (χ0n) is 20.9. The lowest BCUT2D eigenvalue weighted by Crippen LogP contribution is -2.44. The molecule has 8 nitrogen and oxygen atoms in total. The number of likely N-dealkylation sites (tertiary alicyclic amines) is 1. The van der Waals surface area contributed by atoms with Crippen LogP contribution >= 0.6 is 0 Å². The van der Waals surface area contributed by atoms with Crippen molar-refractivity contribution < 1.29 is 37.1 Å². The van der Waals surface area contributed by atoms with E-state index in [2.05, 4.69) is 34.5 Å². The van der Waals surface area contributed by atoms with Crippen LogP contribution in [0.5, 0.6) is 0 Å². The number of alkyl halides is 3. The number of benzene rings is 1. The van der Waals surface area contributed by atoms with Gasteiger partial charge in [0.2, 0.25) is 5.91 Å². The minimum Gasteiger partial charge on any atom is -0.475 e. The van der Waals surface area contributed by atoms with Gasteiger partial charge in [0.25, 0.3) is 5.91 Å². The van der Waals surface area contributed by atoms with Gasteiger partial charge in [0.05, 0.1) is 11.8 Å². The van der Waals surface area contributed by atoms with E-state index in [-0.39, 0.29) is 23.1 Å². The molecule has 1 atom stereocenters. The monoisotopic (exact) mass is 523 g/mol. The van der Waals surface area contributed by atoms with Crippen LogP contribution in [0.3, 0.4) is 0 Å². The summed E-state index contributed by atoms with van der Waals surface area (Å²) in [5.74, 6) is -2.34. The Hall–Kier alpha value is -3.34. The summed E-state index contributed by atoms with van der Waals surface area (Å²) in [7, 11) is 4.01. The number of fused-ring (bicyclic) bond motifs is 2. The molecular formula is C26H32F3N3O5. The van der Waals surface area contributed by atoms with Gasteiger partial charge in [0, 0.05) is 32.6 Å². The second kappa shape index (κ2) is 11.8. The van der Waals surface area contributed by atoms with Crippen molar-refractivity contribution in [2.45, 2.75) is 43.2 Å². The SMILES string of the molecule is CN(C)CCNC(=O)CC1CC2(CCN(C(=O)c3ccoc3)CC2)c2ccccc21.O=C(O)C(F)(F)F. The summed E-state index contributed by atoms with van der Waals surface area (Å²) in [6.07, 6.45) is 1.37. The van der Waals surface area contributed by atoms with Gasteiger partial charge in [-0.25, -0.2) is 4.79 Å². The number of carbonyl (C=O) groups excluding carboxylic acids is 2. The van der Waals surface area contributed by atoms with Gasteiger partial charge < -0.3 is 24.6 Å². The topological polar surface area (TPSA) is 103 Å². The Balaban J connectivity index is 0.000000479. The van der Waals surface area contributed by atoms with E-state index in [1.165, 1.54) is 17.4 Å². The number of furan rings is 1. The first-order valence-electron chi connectivity index (χ1n) is 12.1. The molecule has 202 valence electrons. The molecule has 1 aliphatic carbocycles. The second-order valence-electron chi connectivity index (χ2n) is 9.73. The van der Waals surface area contributed by atoms with E-state index in [1.807, 2.05) is 19.0 Å². The third-order valence-electron chi connectivity index (χ3n) is 6.94. The molecule has 2 N–H and O–H groups in total. The first-order valence-corrected chi connectivity index (χ1v) is 12.1. The minimum atomic E-state index is -5.08. The summed E-state index contributed by atoms with van der Waals surface area (Å²) in [6.45, 7) is 2.99. The van der Waals surface area contributed by atoms with Gasteiger partial charge in [-0.15, -0.1) is 0 Å². The van der Waals surface area contributed by atoms with Crippen LogP contribution in [-0.4, -0.2) is 79.1 Å². The Labute approximate surface area is 213 Å². The van der Waals surface area contributed by atoms with Crippen LogP contribution < -0.4 is 5.32 Å². The molecule has 1 spiro atoms. The molecule has 1 unspecified atom stereocenters. The highest BCUT2D eigenvalue weighted by Gasteiger charge is 2.46. The molecule has 2 amide bonds. The fraction of sp³-hybridized carbons (Fsp3) is 0.500. The van der Waals surface area contributed by atoms with Crippen molar-refractivity contribution in [3.05, 3.63) is 59.5 Å². The zero-order valence-corrected chi connectivity index (χ0v) is 20.9. The third-order valence-corrected chi connectivity index (χ3v) is 6.94. The standard InChI is InChI=1S/C24H31N3O3.C2HF3O2/c1-26(2)13-10-25-22(28)15-19-16-24(21-6-4-3-5-20(19)21)8-11-27(12-9-24)23(29)18-7-14-30-17-18;3-2(4,5)1(6)7/h3-7,14,17,19H,8-13,15-16H2,1-2H3,(H,25,28);(H,6,7). The number of likely N-dealkylation sites (N-methyl/N-ethyl adjacent to an activating group) is 1. The van der Waals surface area contributed by atoms with Crippen molar-refractivity contribution in [2.75, 3.05) is 40.3 Å². The normalized spacial score (nSPS) is 18.2. The zero-order chi connectivity index (χ0) is 27.2. The molecule has 1 fully saturated rings. The van der Waals surface area contributed by atoms with Crippen molar-refractivity contribution in [3.63, 3.8) is 0 Å². The second-order valence-corrected chi connectivity index (χ2v) is 9.73. The molecule has 1 aromatic heterocycles. The van der Waals surface area contributed by atoms with Gasteiger partial charge in [0.15, 0.2) is 0 Å². The van der Waals surface area contributed by atoms with Gasteiger partial charge >= 0.3 is 12.1 Å². The molecule has 2 aromatic rings. The van der Waals surface area contributed by atoms with E-state index in [4.69, 9.17) is 14.3 Å². The Kier molecular flexibility index (Phi) is 9.01. The van der Waals surface area contributed by atoms with Crippen molar-refractivity contribution in [1.82, 2.24) is 15.1 Å². The number of aliphatic carboxylic acids is 1. The van der Waals surface area contributed by atoms with Gasteiger partial charge in [-0.1, -0.05) is 24.3 Å². The number of nitrogens with one attached hydrogen (secondary N) is 1. The van der Waals surface area contributed by atoms with Crippen molar-refractivity contribution >= 4 is 17.8 Å². The Morgan fingerprint density at radius 2 is 1.81 bits per heavy atom. The number of amides is 2. The number of rotatable bonds is 6. The van der Waals surface area contributed by atoms with E-state index >= 15 is 0 Å². The number of carboxylic acid groups (broad SMARTS) is 1. The lowest BCUT2D eigenvalue weighted by Gasteiger charge is -2.40. The molecule has 0 bridgehead atoms. The molecule has 4 rings (SSSR count). The molecule has 2 aliphatic rings. The summed E-state index contributed by atoms with van der Waals surface area (Å²) in [6, 6.07) is 10.3. The highest BCUT2D eigenvalue weighted by molar-refractivity contribution is 5.93. The molecule has 37 heavy (non-hydrogen) atoms. The van der Waals surface area contributed by atoms with Crippen LogP contribution in [0.15, 0.2) is 47.3 Å². The average molecular weight is 524 g/mol. The predicted molar refractivity (Wildman–Crippen MR) is 129 cm³/mol. The molecule has 11 heteroatoms. The summed E-state index contributed by atoms with van der Waals surface area (Å²) in [5.41, 5.74) is 3.38. The summed E-state index contributed by atoms with van der Waals surface area (Å²) in [4.78, 5) is 38.1. The van der Waals surface area contributed by atoms with Crippen LogP contribution in [0.25, 0.3) is 0 Å². The average Bonchev–Trinajstić information content (AvgIpc) is 3.47. The van der Waals surface area contributed by atoms with E-state index < -0.39 is 12.1 Å². The van der Waals surface area contributed by atoms with E-state index in [1.54, 1.807) is 12.3 Å². The van der Waals surface area contributed by atoms with Gasteiger partial charge in [-0.3, -0.25) is 9.59 Å². The Morgan fingerprint density at radius 3 is 2.38 bits per heavy atom. The van der Waals surface area contributed by atoms with E-state index in [0.29, 0.717) is 18.5 Å². The van der Waals surface area contributed by atoms with E-state index in [0.717, 1.165) is 38.9 Å². The largest absolute Gasteiger partial charge is 0.490 e. The highest BCUT2D eigenvalue weighted by Crippen LogP contribution is 2.52. The number of piperidine rings is 1. The van der Waals surface area contributed by atoms with E-state index in [9.17, 15) is 22.8 Å². The van der Waals surface area contributed by atoms with Gasteiger partial charge in [0.1, 0.15) is 6.26 Å². The lowest BCUT2D eigenvalue weighted by atomic mass is 9.73. The molecule has 0 saturated carbocycles. The minimum absolute atomic E-state index is 0.0432. The number of halogens is 3. The fourth-order valence-corrected chi connectivity index (χ4v) is 5.10. The van der Waals surface area contributed by atoms with Crippen molar-refractivity contribution in [1.29, 1.82) is 0 Å².